The predicted molar refractivity (Wildman–Crippen MR) is 77.5 cm³/mol. The highest BCUT2D eigenvalue weighted by molar-refractivity contribution is 4.92. The van der Waals surface area contributed by atoms with Crippen LogP contribution in [-0.4, -0.2) is 40.1 Å². The van der Waals surface area contributed by atoms with E-state index in [1.807, 2.05) is 4.68 Å². The number of rotatable bonds is 5. The van der Waals surface area contributed by atoms with Gasteiger partial charge in [-0.3, -0.25) is 0 Å². The Kier molecular flexibility index (Phi) is 4.68. The van der Waals surface area contributed by atoms with Crippen LogP contribution in [0.2, 0.25) is 0 Å². The van der Waals surface area contributed by atoms with Gasteiger partial charge in [-0.15, -0.1) is 0 Å². The van der Waals surface area contributed by atoms with Gasteiger partial charge in [-0.25, -0.2) is 9.67 Å². The molecule has 0 bridgehead atoms. The first-order chi connectivity index (χ1) is 9.83. The first kappa shape index (κ1) is 14.0. The minimum atomic E-state index is 0.485. The van der Waals surface area contributed by atoms with Crippen LogP contribution < -0.4 is 5.32 Å². The fraction of sp³-hybridized carbons (Fsp3) is 0.867. The van der Waals surface area contributed by atoms with Crippen molar-refractivity contribution in [1.82, 2.24) is 20.1 Å². The Hall–Kier alpha value is -0.940. The summed E-state index contributed by atoms with van der Waals surface area (Å²) in [6, 6.07) is 0.511. The number of hydrogen-bond donors (Lipinski definition) is 1. The van der Waals surface area contributed by atoms with Gasteiger partial charge < -0.3 is 10.1 Å². The predicted octanol–water partition coefficient (Wildman–Crippen LogP) is 1.78. The summed E-state index contributed by atoms with van der Waals surface area (Å²) in [5, 5.41) is 7.85. The number of nitrogens with zero attached hydrogens (tertiary/aromatic N) is 3. The van der Waals surface area contributed by atoms with Crippen molar-refractivity contribution >= 4 is 0 Å². The number of aryl methyl sites for hydroxylation is 1. The van der Waals surface area contributed by atoms with Crippen molar-refractivity contribution < 1.29 is 4.74 Å². The molecule has 0 amide bonds. The van der Waals surface area contributed by atoms with E-state index >= 15 is 0 Å². The molecule has 2 heterocycles. The molecule has 0 unspecified atom stereocenters. The molecule has 0 aromatic carbocycles. The Morgan fingerprint density at radius 1 is 1.35 bits per heavy atom. The summed E-state index contributed by atoms with van der Waals surface area (Å²) in [4.78, 5) is 4.26. The Bertz CT molecular complexity index is 420. The van der Waals surface area contributed by atoms with Gasteiger partial charge in [0.25, 0.3) is 0 Å². The first-order valence-electron chi connectivity index (χ1n) is 8.04. The molecule has 5 heteroatoms. The van der Waals surface area contributed by atoms with Gasteiger partial charge in [0.2, 0.25) is 0 Å². The zero-order chi connectivity index (χ0) is 13.8. The van der Waals surface area contributed by atoms with E-state index in [-0.39, 0.29) is 0 Å². The monoisotopic (exact) mass is 278 g/mol. The normalized spacial score (nSPS) is 30.1. The lowest BCUT2D eigenvalue weighted by Gasteiger charge is -2.29. The average molecular weight is 278 g/mol. The fourth-order valence-corrected chi connectivity index (χ4v) is 3.41. The first-order valence-corrected chi connectivity index (χ1v) is 8.04. The molecule has 1 aliphatic heterocycles. The average Bonchev–Trinajstić information content (AvgIpc) is 2.93. The maximum Gasteiger partial charge on any atom is 0.138 e. The molecule has 112 valence electrons. The van der Waals surface area contributed by atoms with Crippen LogP contribution >= 0.6 is 0 Å². The molecular weight excluding hydrogens is 252 g/mol. The molecule has 0 radical (unpaired) electrons. The van der Waals surface area contributed by atoms with Crippen molar-refractivity contribution in [2.24, 2.45) is 5.92 Å². The fourth-order valence-electron chi connectivity index (χ4n) is 3.41. The largest absolute Gasteiger partial charge is 0.377 e. The molecule has 3 rings (SSSR count). The number of aromatic nitrogens is 3. The number of fused-ring (bicyclic) bond motifs is 1. The minimum Gasteiger partial charge on any atom is -0.377 e. The third-order valence-electron chi connectivity index (χ3n) is 4.71. The molecule has 1 fully saturated rings. The molecule has 2 aliphatic rings. The van der Waals surface area contributed by atoms with E-state index in [1.165, 1.54) is 25.7 Å². The second kappa shape index (κ2) is 6.68. The Labute approximate surface area is 121 Å². The Morgan fingerprint density at radius 3 is 3.15 bits per heavy atom. The summed E-state index contributed by atoms with van der Waals surface area (Å²) in [6.07, 6.45) is 9.60. The second-order valence-electron chi connectivity index (χ2n) is 6.22. The minimum absolute atomic E-state index is 0.485. The van der Waals surface area contributed by atoms with Gasteiger partial charge in [0.05, 0.1) is 19.3 Å². The highest BCUT2D eigenvalue weighted by atomic mass is 16.5. The molecule has 3 atom stereocenters. The Morgan fingerprint density at radius 2 is 2.25 bits per heavy atom. The Balaban J connectivity index is 1.34. The molecule has 1 aromatic heterocycles. The van der Waals surface area contributed by atoms with E-state index in [2.05, 4.69) is 22.3 Å². The van der Waals surface area contributed by atoms with Crippen molar-refractivity contribution in [3.8, 4) is 0 Å². The molecule has 20 heavy (non-hydrogen) atoms. The van der Waals surface area contributed by atoms with Crippen LogP contribution in [-0.2, 0) is 17.7 Å². The smallest absolute Gasteiger partial charge is 0.138 e. The van der Waals surface area contributed by atoms with Crippen LogP contribution in [0.25, 0.3) is 0 Å². The summed E-state index contributed by atoms with van der Waals surface area (Å²) in [5.41, 5.74) is 0. The molecule has 1 N–H and O–H groups in total. The van der Waals surface area contributed by atoms with Crippen molar-refractivity contribution in [1.29, 1.82) is 0 Å². The highest BCUT2D eigenvalue weighted by Gasteiger charge is 2.22. The summed E-state index contributed by atoms with van der Waals surface area (Å²) < 4.78 is 8.06. The standard InChI is InChI=1S/C15H26N4O/c1-12-4-2-3-5-14(12)20-9-8-16-13-6-7-15-17-11-18-19(15)10-13/h11-14,16H,2-10H2,1H3/t12-,13+,14+/m1/s1. The summed E-state index contributed by atoms with van der Waals surface area (Å²) in [6.45, 7) is 5.04. The van der Waals surface area contributed by atoms with E-state index < -0.39 is 0 Å². The summed E-state index contributed by atoms with van der Waals surface area (Å²) in [5.74, 6) is 1.85. The molecule has 1 saturated carbocycles. The van der Waals surface area contributed by atoms with Gasteiger partial charge in [-0.1, -0.05) is 19.8 Å². The lowest BCUT2D eigenvalue weighted by Crippen LogP contribution is -2.40. The molecule has 1 aliphatic carbocycles. The topological polar surface area (TPSA) is 52.0 Å². The van der Waals surface area contributed by atoms with E-state index in [0.717, 1.165) is 44.3 Å². The van der Waals surface area contributed by atoms with E-state index in [0.29, 0.717) is 12.1 Å². The van der Waals surface area contributed by atoms with E-state index in [9.17, 15) is 0 Å². The lowest BCUT2D eigenvalue weighted by molar-refractivity contribution is -0.00416. The van der Waals surface area contributed by atoms with Crippen molar-refractivity contribution in [3.63, 3.8) is 0 Å². The summed E-state index contributed by atoms with van der Waals surface area (Å²) >= 11 is 0. The quantitative estimate of drug-likeness (QED) is 0.834. The SMILES string of the molecule is C[C@@H]1CCCC[C@@H]1OCCN[C@H]1CCc2ncnn2C1. The van der Waals surface area contributed by atoms with Crippen LogP contribution in [0.3, 0.4) is 0 Å². The highest BCUT2D eigenvalue weighted by Crippen LogP contribution is 2.26. The van der Waals surface area contributed by atoms with Gasteiger partial charge in [-0.2, -0.15) is 5.10 Å². The van der Waals surface area contributed by atoms with Crippen LogP contribution in [0.4, 0.5) is 0 Å². The molecule has 0 saturated heterocycles. The van der Waals surface area contributed by atoms with Crippen molar-refractivity contribution in [2.45, 2.75) is 64.1 Å². The van der Waals surface area contributed by atoms with E-state index in [1.54, 1.807) is 6.33 Å². The number of hydrogen-bond acceptors (Lipinski definition) is 4. The van der Waals surface area contributed by atoms with Crippen LogP contribution in [0, 0.1) is 5.92 Å². The molecular formula is C15H26N4O. The van der Waals surface area contributed by atoms with Crippen molar-refractivity contribution in [3.05, 3.63) is 12.2 Å². The third-order valence-corrected chi connectivity index (χ3v) is 4.71. The van der Waals surface area contributed by atoms with Crippen LogP contribution in [0.1, 0.15) is 44.9 Å². The second-order valence-corrected chi connectivity index (χ2v) is 6.22. The third kappa shape index (κ3) is 3.38. The van der Waals surface area contributed by atoms with Gasteiger partial charge in [-0.05, 0) is 25.2 Å². The molecule has 0 spiro atoms. The molecule has 1 aromatic rings. The zero-order valence-corrected chi connectivity index (χ0v) is 12.4. The molecule has 5 nitrogen and oxygen atoms in total. The van der Waals surface area contributed by atoms with Gasteiger partial charge in [0.15, 0.2) is 0 Å². The maximum atomic E-state index is 6.04. The van der Waals surface area contributed by atoms with Gasteiger partial charge in [0, 0.05) is 19.0 Å². The zero-order valence-electron chi connectivity index (χ0n) is 12.4. The maximum absolute atomic E-state index is 6.04. The number of ether oxygens (including phenoxy) is 1. The summed E-state index contributed by atoms with van der Waals surface area (Å²) in [7, 11) is 0. The van der Waals surface area contributed by atoms with E-state index in [4.69, 9.17) is 4.74 Å². The van der Waals surface area contributed by atoms with Crippen LogP contribution in [0.15, 0.2) is 6.33 Å². The lowest BCUT2D eigenvalue weighted by atomic mass is 9.88. The van der Waals surface area contributed by atoms with Gasteiger partial charge in [0.1, 0.15) is 12.2 Å². The van der Waals surface area contributed by atoms with Crippen LogP contribution in [0.5, 0.6) is 0 Å². The van der Waals surface area contributed by atoms with Gasteiger partial charge >= 0.3 is 0 Å². The van der Waals surface area contributed by atoms with Crippen molar-refractivity contribution in [2.75, 3.05) is 13.2 Å². The number of nitrogens with one attached hydrogen (secondary N) is 1.